The highest BCUT2D eigenvalue weighted by molar-refractivity contribution is 4.86. The lowest BCUT2D eigenvalue weighted by Crippen LogP contribution is -2.36. The molecule has 0 bridgehead atoms. The van der Waals surface area contributed by atoms with Gasteiger partial charge in [0.15, 0.2) is 0 Å². The Kier molecular flexibility index (Phi) is 2.14. The van der Waals surface area contributed by atoms with Gasteiger partial charge in [-0.2, -0.15) is 0 Å². The van der Waals surface area contributed by atoms with E-state index in [2.05, 4.69) is 11.9 Å². The molecule has 1 saturated carbocycles. The summed E-state index contributed by atoms with van der Waals surface area (Å²) in [6, 6.07) is 0.734. The van der Waals surface area contributed by atoms with Gasteiger partial charge in [-0.25, -0.2) is 0 Å². The second kappa shape index (κ2) is 3.11. The molecule has 2 rings (SSSR count). The van der Waals surface area contributed by atoms with E-state index in [9.17, 15) is 0 Å². The average Bonchev–Trinajstić information content (AvgIpc) is 2.40. The lowest BCUT2D eigenvalue weighted by atomic mass is 10.2. The molecule has 0 N–H and O–H groups in total. The summed E-state index contributed by atoms with van der Waals surface area (Å²) in [5.41, 5.74) is 0. The minimum Gasteiger partial charge on any atom is -0.377 e. The lowest BCUT2D eigenvalue weighted by molar-refractivity contribution is 0.0387. The Morgan fingerprint density at radius 3 is 3.09 bits per heavy atom. The Morgan fingerprint density at radius 1 is 1.27 bits per heavy atom. The SMILES string of the molecule is CN1CCCOC2CCCC21. The molecule has 2 unspecified atom stereocenters. The van der Waals surface area contributed by atoms with Gasteiger partial charge in [0.1, 0.15) is 0 Å². The Hall–Kier alpha value is -0.0800. The Balaban J connectivity index is 2.03. The lowest BCUT2D eigenvalue weighted by Gasteiger charge is -2.25. The van der Waals surface area contributed by atoms with Gasteiger partial charge in [0.2, 0.25) is 0 Å². The molecule has 2 fully saturated rings. The van der Waals surface area contributed by atoms with Gasteiger partial charge in [0, 0.05) is 19.2 Å². The first-order chi connectivity index (χ1) is 5.38. The topological polar surface area (TPSA) is 12.5 Å². The predicted molar refractivity (Wildman–Crippen MR) is 44.6 cm³/mol. The van der Waals surface area contributed by atoms with Gasteiger partial charge >= 0.3 is 0 Å². The quantitative estimate of drug-likeness (QED) is 0.522. The zero-order valence-electron chi connectivity index (χ0n) is 7.25. The molecule has 0 radical (unpaired) electrons. The zero-order chi connectivity index (χ0) is 7.68. The minimum atomic E-state index is 0.558. The number of likely N-dealkylation sites (N-methyl/N-ethyl adjacent to an activating group) is 1. The van der Waals surface area contributed by atoms with Crippen LogP contribution >= 0.6 is 0 Å². The molecule has 0 amide bonds. The van der Waals surface area contributed by atoms with Crippen LogP contribution in [-0.4, -0.2) is 37.2 Å². The number of hydrogen-bond acceptors (Lipinski definition) is 2. The van der Waals surface area contributed by atoms with Gasteiger partial charge in [0.25, 0.3) is 0 Å². The summed E-state index contributed by atoms with van der Waals surface area (Å²) in [4.78, 5) is 2.48. The summed E-state index contributed by atoms with van der Waals surface area (Å²) in [5, 5.41) is 0. The van der Waals surface area contributed by atoms with Gasteiger partial charge in [-0.15, -0.1) is 0 Å². The Bertz CT molecular complexity index is 138. The van der Waals surface area contributed by atoms with Crippen LogP contribution in [0.25, 0.3) is 0 Å². The van der Waals surface area contributed by atoms with Crippen LogP contribution in [0, 0.1) is 0 Å². The van der Waals surface area contributed by atoms with Crippen molar-refractivity contribution in [1.82, 2.24) is 4.90 Å². The number of rotatable bonds is 0. The second-order valence-electron chi connectivity index (χ2n) is 3.74. The molecular weight excluding hydrogens is 138 g/mol. The largest absolute Gasteiger partial charge is 0.377 e. The molecule has 1 aliphatic heterocycles. The monoisotopic (exact) mass is 155 g/mol. The fourth-order valence-corrected chi connectivity index (χ4v) is 2.32. The van der Waals surface area contributed by atoms with Crippen LogP contribution in [0.3, 0.4) is 0 Å². The van der Waals surface area contributed by atoms with Crippen molar-refractivity contribution in [3.05, 3.63) is 0 Å². The van der Waals surface area contributed by atoms with E-state index in [0.717, 1.165) is 12.6 Å². The van der Waals surface area contributed by atoms with E-state index < -0.39 is 0 Å². The molecule has 1 saturated heterocycles. The van der Waals surface area contributed by atoms with Crippen molar-refractivity contribution >= 4 is 0 Å². The highest BCUT2D eigenvalue weighted by Crippen LogP contribution is 2.27. The summed E-state index contributed by atoms with van der Waals surface area (Å²) in [5.74, 6) is 0. The first kappa shape index (κ1) is 7.56. The fraction of sp³-hybridized carbons (Fsp3) is 1.00. The average molecular weight is 155 g/mol. The zero-order valence-corrected chi connectivity index (χ0v) is 7.25. The van der Waals surface area contributed by atoms with Crippen LogP contribution < -0.4 is 0 Å². The molecule has 0 aromatic rings. The maximum atomic E-state index is 5.76. The van der Waals surface area contributed by atoms with E-state index in [1.54, 1.807) is 0 Å². The molecule has 2 aliphatic rings. The van der Waals surface area contributed by atoms with E-state index >= 15 is 0 Å². The third-order valence-electron chi connectivity index (χ3n) is 2.97. The van der Waals surface area contributed by atoms with Crippen molar-refractivity contribution in [3.63, 3.8) is 0 Å². The fourth-order valence-electron chi connectivity index (χ4n) is 2.32. The van der Waals surface area contributed by atoms with Gasteiger partial charge in [-0.1, -0.05) is 0 Å². The van der Waals surface area contributed by atoms with Crippen molar-refractivity contribution < 1.29 is 4.74 Å². The van der Waals surface area contributed by atoms with E-state index in [1.165, 1.54) is 32.2 Å². The third kappa shape index (κ3) is 1.42. The minimum absolute atomic E-state index is 0.558. The highest BCUT2D eigenvalue weighted by Gasteiger charge is 2.32. The molecule has 2 heteroatoms. The normalized spacial score (nSPS) is 40.1. The van der Waals surface area contributed by atoms with Crippen LogP contribution in [0.2, 0.25) is 0 Å². The summed E-state index contributed by atoms with van der Waals surface area (Å²) in [6.45, 7) is 2.20. The smallest absolute Gasteiger partial charge is 0.0730 e. The van der Waals surface area contributed by atoms with Gasteiger partial charge < -0.3 is 9.64 Å². The van der Waals surface area contributed by atoms with E-state index in [4.69, 9.17) is 4.74 Å². The molecule has 2 atom stereocenters. The molecule has 1 aliphatic carbocycles. The van der Waals surface area contributed by atoms with Crippen molar-refractivity contribution in [2.24, 2.45) is 0 Å². The van der Waals surface area contributed by atoms with Crippen molar-refractivity contribution in [2.45, 2.75) is 37.8 Å². The van der Waals surface area contributed by atoms with Crippen LogP contribution in [0.1, 0.15) is 25.7 Å². The van der Waals surface area contributed by atoms with Crippen LogP contribution in [0.5, 0.6) is 0 Å². The van der Waals surface area contributed by atoms with Crippen molar-refractivity contribution in [3.8, 4) is 0 Å². The third-order valence-corrected chi connectivity index (χ3v) is 2.97. The molecule has 0 aromatic carbocycles. The molecule has 11 heavy (non-hydrogen) atoms. The van der Waals surface area contributed by atoms with Gasteiger partial charge in [-0.3, -0.25) is 0 Å². The van der Waals surface area contributed by atoms with E-state index in [-0.39, 0.29) is 0 Å². The second-order valence-corrected chi connectivity index (χ2v) is 3.74. The summed E-state index contributed by atoms with van der Waals surface area (Å²) in [6.07, 6.45) is 5.77. The van der Waals surface area contributed by atoms with Crippen LogP contribution in [0.15, 0.2) is 0 Å². The standard InChI is InChI=1S/C9H17NO/c1-10-6-3-7-11-9-5-2-4-8(9)10/h8-9H,2-7H2,1H3. The molecule has 64 valence electrons. The Labute approximate surface area is 68.5 Å². The predicted octanol–water partition coefficient (Wildman–Crippen LogP) is 1.26. The number of hydrogen-bond donors (Lipinski definition) is 0. The van der Waals surface area contributed by atoms with E-state index in [0.29, 0.717) is 6.10 Å². The van der Waals surface area contributed by atoms with Crippen LogP contribution in [-0.2, 0) is 4.74 Å². The number of nitrogens with zero attached hydrogens (tertiary/aromatic N) is 1. The van der Waals surface area contributed by atoms with Gasteiger partial charge in [0.05, 0.1) is 6.10 Å². The molecule has 0 spiro atoms. The summed E-state index contributed by atoms with van der Waals surface area (Å²) >= 11 is 0. The summed E-state index contributed by atoms with van der Waals surface area (Å²) in [7, 11) is 2.23. The van der Waals surface area contributed by atoms with Gasteiger partial charge in [-0.05, 0) is 32.7 Å². The maximum Gasteiger partial charge on any atom is 0.0730 e. The van der Waals surface area contributed by atoms with Crippen LogP contribution in [0.4, 0.5) is 0 Å². The summed E-state index contributed by atoms with van der Waals surface area (Å²) < 4.78 is 5.76. The maximum absolute atomic E-state index is 5.76. The molecule has 0 aromatic heterocycles. The first-order valence-corrected chi connectivity index (χ1v) is 4.70. The number of fused-ring (bicyclic) bond motifs is 1. The molecule has 1 heterocycles. The van der Waals surface area contributed by atoms with E-state index in [1.807, 2.05) is 0 Å². The molecule has 2 nitrogen and oxygen atoms in total. The number of ether oxygens (including phenoxy) is 1. The Morgan fingerprint density at radius 2 is 2.18 bits per heavy atom. The first-order valence-electron chi connectivity index (χ1n) is 4.70. The van der Waals surface area contributed by atoms with Crippen molar-refractivity contribution in [1.29, 1.82) is 0 Å². The highest BCUT2D eigenvalue weighted by atomic mass is 16.5. The molecular formula is C9H17NO. The van der Waals surface area contributed by atoms with Crippen molar-refractivity contribution in [2.75, 3.05) is 20.2 Å².